The molecule has 0 bridgehead atoms. The Bertz CT molecular complexity index is 1450. The van der Waals surface area contributed by atoms with Gasteiger partial charge in [-0.05, 0) is 70.6 Å². The standard InChI is InChI=1S/C45H80O17P2/c1-3-5-7-8-9-10-11-12-13-14-15-16-21-24-28-32-39(47)59-35(34-58-64(55,56)62-45-42(50)40(48)41(49)44(43(45)51)61-63(52,53)54)33-57-38(46)31-27-23-20-18-17-19-22-26-30-37-36(60-37)29-25-6-4-2/h9-10,12-13,22,26,35-37,40-45,48-51H,3-8,11,14-21,23-25,27-34H2,1-2H3,(H,55,56)(H2,52,53,54)/b10-9-,13-12-,26-22-/t35-,36?,37?,40?,41?,42?,43?,44-,45+/m1/s1. The Morgan fingerprint density at radius 3 is 1.69 bits per heavy atom. The van der Waals surface area contributed by atoms with Crippen LogP contribution in [0.25, 0.3) is 0 Å². The molecule has 10 atom stereocenters. The summed E-state index contributed by atoms with van der Waals surface area (Å²) in [6.45, 7) is 3.02. The van der Waals surface area contributed by atoms with Crippen molar-refractivity contribution in [2.24, 2.45) is 0 Å². The van der Waals surface area contributed by atoms with Crippen LogP contribution in [0.15, 0.2) is 36.5 Å². The molecule has 1 heterocycles. The van der Waals surface area contributed by atoms with Crippen LogP contribution < -0.4 is 0 Å². The zero-order chi connectivity index (χ0) is 47.2. The van der Waals surface area contributed by atoms with Crippen molar-refractivity contribution < 1.29 is 81.6 Å². The van der Waals surface area contributed by atoms with Crippen molar-refractivity contribution in [3.05, 3.63) is 36.5 Å². The quantitative estimate of drug-likeness (QED) is 0.0103. The van der Waals surface area contributed by atoms with Crippen molar-refractivity contribution in [3.63, 3.8) is 0 Å². The number of allylic oxidation sites excluding steroid dienone is 5. The lowest BCUT2D eigenvalue weighted by Crippen LogP contribution is -2.64. The molecule has 0 aromatic carbocycles. The van der Waals surface area contributed by atoms with Gasteiger partial charge in [-0.2, -0.15) is 0 Å². The number of carbonyl (C=O) groups excluding carboxylic acids is 2. The van der Waals surface area contributed by atoms with Crippen molar-refractivity contribution in [1.29, 1.82) is 0 Å². The molecule has 1 saturated heterocycles. The predicted molar refractivity (Wildman–Crippen MR) is 241 cm³/mol. The Morgan fingerprint density at radius 1 is 0.578 bits per heavy atom. The third-order valence-electron chi connectivity index (χ3n) is 11.1. The number of phosphoric acid groups is 2. The minimum absolute atomic E-state index is 0.0220. The molecule has 0 amide bonds. The summed E-state index contributed by atoms with van der Waals surface area (Å²) in [5.74, 6) is -1.24. The number of esters is 2. The van der Waals surface area contributed by atoms with E-state index in [1.807, 2.05) is 0 Å². The van der Waals surface area contributed by atoms with Gasteiger partial charge in [-0.1, -0.05) is 121 Å². The molecule has 0 spiro atoms. The van der Waals surface area contributed by atoms with E-state index in [9.17, 15) is 53.8 Å². The lowest BCUT2D eigenvalue weighted by atomic mass is 9.85. The molecule has 2 fully saturated rings. The van der Waals surface area contributed by atoms with Gasteiger partial charge in [0, 0.05) is 12.8 Å². The molecular weight excluding hydrogens is 874 g/mol. The van der Waals surface area contributed by atoms with Crippen LogP contribution in [0.3, 0.4) is 0 Å². The highest BCUT2D eigenvalue weighted by Gasteiger charge is 2.54. The van der Waals surface area contributed by atoms with Crippen LogP contribution in [-0.2, 0) is 46.5 Å². The fourth-order valence-electron chi connectivity index (χ4n) is 7.30. The number of hydrogen-bond donors (Lipinski definition) is 7. The first kappa shape index (κ1) is 58.3. The number of aliphatic hydroxyl groups excluding tert-OH is 4. The summed E-state index contributed by atoms with van der Waals surface area (Å²) in [5.41, 5.74) is 0. The van der Waals surface area contributed by atoms with Gasteiger partial charge in [0.1, 0.15) is 43.2 Å². The predicted octanol–water partition coefficient (Wildman–Crippen LogP) is 7.72. The molecule has 372 valence electrons. The van der Waals surface area contributed by atoms with Crippen LogP contribution in [0.2, 0.25) is 0 Å². The van der Waals surface area contributed by atoms with Gasteiger partial charge in [0.2, 0.25) is 0 Å². The zero-order valence-electron chi connectivity index (χ0n) is 38.2. The first-order valence-electron chi connectivity index (χ1n) is 23.7. The van der Waals surface area contributed by atoms with E-state index in [1.54, 1.807) is 0 Å². The fraction of sp³-hybridized carbons (Fsp3) is 0.822. The summed E-state index contributed by atoms with van der Waals surface area (Å²) in [6, 6.07) is 0. The van der Waals surface area contributed by atoms with Crippen LogP contribution in [0, 0.1) is 0 Å². The van der Waals surface area contributed by atoms with Crippen LogP contribution in [0.5, 0.6) is 0 Å². The van der Waals surface area contributed by atoms with Gasteiger partial charge in [0.25, 0.3) is 0 Å². The van der Waals surface area contributed by atoms with Gasteiger partial charge in [-0.15, -0.1) is 0 Å². The summed E-state index contributed by atoms with van der Waals surface area (Å²) in [4.78, 5) is 54.3. The van der Waals surface area contributed by atoms with Crippen LogP contribution in [-0.4, -0.2) is 115 Å². The molecule has 2 aliphatic rings. The summed E-state index contributed by atoms with van der Waals surface area (Å²) in [7, 11) is -10.7. The van der Waals surface area contributed by atoms with E-state index in [1.165, 1.54) is 38.5 Å². The fourth-order valence-corrected chi connectivity index (χ4v) is 8.84. The molecule has 0 aromatic rings. The molecule has 17 nitrogen and oxygen atoms in total. The summed E-state index contributed by atoms with van der Waals surface area (Å²) in [6.07, 6.45) is 21.3. The van der Waals surface area contributed by atoms with Gasteiger partial charge >= 0.3 is 27.6 Å². The Morgan fingerprint density at radius 2 is 1.09 bits per heavy atom. The number of ether oxygens (including phenoxy) is 3. The molecule has 7 N–H and O–H groups in total. The lowest BCUT2D eigenvalue weighted by molar-refractivity contribution is -0.216. The van der Waals surface area contributed by atoms with E-state index < -0.39 is 83.5 Å². The first-order chi connectivity index (χ1) is 30.6. The zero-order valence-corrected chi connectivity index (χ0v) is 39.9. The molecular formula is C45H80O17P2. The topological polar surface area (TPSA) is 269 Å². The van der Waals surface area contributed by atoms with E-state index in [0.29, 0.717) is 25.0 Å². The Labute approximate surface area is 380 Å². The molecule has 1 aliphatic heterocycles. The second-order valence-electron chi connectivity index (χ2n) is 16.9. The van der Waals surface area contributed by atoms with Crippen LogP contribution >= 0.6 is 15.6 Å². The van der Waals surface area contributed by atoms with Crippen molar-refractivity contribution >= 4 is 27.6 Å². The maximum absolute atomic E-state index is 13.0. The number of unbranched alkanes of at least 4 members (excludes halogenated alkanes) is 15. The molecule has 0 radical (unpaired) electrons. The summed E-state index contributed by atoms with van der Waals surface area (Å²) < 4.78 is 55.1. The van der Waals surface area contributed by atoms with Crippen LogP contribution in [0.1, 0.15) is 168 Å². The maximum Gasteiger partial charge on any atom is 0.472 e. The van der Waals surface area contributed by atoms with Gasteiger partial charge in [-0.3, -0.25) is 23.2 Å². The SMILES string of the molecule is CCCCC/C=C\C/C=C\CCCCCCCC(=O)O[C@H](COC(=O)CCCCCCC/C=C\CC1OC1CCCCC)COP(=O)(O)O[C@H]1C(O)C(O)C(O)[C@@H](OP(=O)(O)O)C1O. The van der Waals surface area contributed by atoms with E-state index >= 15 is 0 Å². The molecule has 0 aromatic heterocycles. The van der Waals surface area contributed by atoms with Crippen molar-refractivity contribution in [1.82, 2.24) is 0 Å². The number of carbonyl (C=O) groups is 2. The van der Waals surface area contributed by atoms with Gasteiger partial charge < -0.3 is 49.3 Å². The van der Waals surface area contributed by atoms with Crippen molar-refractivity contribution in [3.8, 4) is 0 Å². The highest BCUT2D eigenvalue weighted by Crippen LogP contribution is 2.49. The summed E-state index contributed by atoms with van der Waals surface area (Å²) in [5, 5.41) is 41.2. The monoisotopic (exact) mass is 954 g/mol. The number of epoxide rings is 1. The van der Waals surface area contributed by atoms with E-state index in [2.05, 4.69) is 54.8 Å². The molecule has 1 saturated carbocycles. The third-order valence-corrected chi connectivity index (χ3v) is 12.6. The van der Waals surface area contributed by atoms with Crippen molar-refractivity contribution in [2.45, 2.75) is 223 Å². The smallest absolute Gasteiger partial charge is 0.462 e. The largest absolute Gasteiger partial charge is 0.472 e. The summed E-state index contributed by atoms with van der Waals surface area (Å²) >= 11 is 0. The second kappa shape index (κ2) is 33.6. The van der Waals surface area contributed by atoms with E-state index in [4.69, 9.17) is 23.3 Å². The maximum atomic E-state index is 13.0. The Hall–Kier alpha value is -1.82. The number of hydrogen-bond acceptors (Lipinski definition) is 14. The van der Waals surface area contributed by atoms with Crippen molar-refractivity contribution in [2.75, 3.05) is 13.2 Å². The number of phosphoric ester groups is 2. The average Bonchev–Trinajstić information content (AvgIpc) is 4.00. The third kappa shape index (κ3) is 27.1. The molecule has 7 unspecified atom stereocenters. The highest BCUT2D eigenvalue weighted by atomic mass is 31.2. The van der Waals surface area contributed by atoms with Crippen LogP contribution in [0.4, 0.5) is 0 Å². The Balaban J connectivity index is 1.80. The minimum atomic E-state index is -5.37. The van der Waals surface area contributed by atoms with Gasteiger partial charge in [-0.25, -0.2) is 9.13 Å². The average molecular weight is 955 g/mol. The Kier molecular flexibility index (Phi) is 30.6. The normalized spacial score (nSPS) is 25.3. The minimum Gasteiger partial charge on any atom is -0.462 e. The molecule has 64 heavy (non-hydrogen) atoms. The molecule has 2 rings (SSSR count). The first-order valence-corrected chi connectivity index (χ1v) is 26.7. The van der Waals surface area contributed by atoms with Gasteiger partial charge in [0.15, 0.2) is 6.10 Å². The lowest BCUT2D eigenvalue weighted by Gasteiger charge is -2.43. The number of aliphatic hydroxyl groups is 4. The van der Waals surface area contributed by atoms with E-state index in [0.717, 1.165) is 89.9 Å². The second-order valence-corrected chi connectivity index (χ2v) is 19.5. The molecule has 19 heteroatoms. The van der Waals surface area contributed by atoms with Gasteiger partial charge in [0.05, 0.1) is 18.8 Å². The van der Waals surface area contributed by atoms with E-state index in [-0.39, 0.29) is 12.8 Å². The number of rotatable bonds is 38. The molecule has 1 aliphatic carbocycles. The highest BCUT2D eigenvalue weighted by molar-refractivity contribution is 7.47.